The van der Waals surface area contributed by atoms with Crippen molar-refractivity contribution < 1.29 is 9.84 Å². The van der Waals surface area contributed by atoms with Crippen LogP contribution in [0, 0.1) is 5.41 Å². The summed E-state index contributed by atoms with van der Waals surface area (Å²) in [6.07, 6.45) is 5.28. The summed E-state index contributed by atoms with van der Waals surface area (Å²) in [6, 6.07) is 0.289. The van der Waals surface area contributed by atoms with Gasteiger partial charge in [0.15, 0.2) is 5.96 Å². The Morgan fingerprint density at radius 1 is 1.50 bits per heavy atom. The van der Waals surface area contributed by atoms with Crippen LogP contribution in [0.5, 0.6) is 0 Å². The van der Waals surface area contributed by atoms with Gasteiger partial charge in [-0.3, -0.25) is 4.99 Å². The number of guanidine groups is 1. The van der Waals surface area contributed by atoms with Crippen molar-refractivity contribution >= 4 is 5.96 Å². The molecular formula is C16H28N6O2. The molecule has 1 fully saturated rings. The Labute approximate surface area is 142 Å². The van der Waals surface area contributed by atoms with Crippen molar-refractivity contribution in [2.24, 2.45) is 10.4 Å². The van der Waals surface area contributed by atoms with Gasteiger partial charge in [0.25, 0.3) is 0 Å². The van der Waals surface area contributed by atoms with E-state index in [1.54, 1.807) is 6.33 Å². The largest absolute Gasteiger partial charge is 0.396 e. The molecule has 0 aliphatic carbocycles. The maximum Gasteiger partial charge on any atom is 0.191 e. The number of aliphatic hydroxyl groups is 1. The van der Waals surface area contributed by atoms with Crippen LogP contribution in [-0.2, 0) is 17.7 Å². The number of aryl methyl sites for hydroxylation is 1. The molecule has 0 radical (unpaired) electrons. The van der Waals surface area contributed by atoms with Gasteiger partial charge in [-0.2, -0.15) is 5.10 Å². The van der Waals surface area contributed by atoms with Gasteiger partial charge in [0.05, 0.1) is 19.7 Å². The van der Waals surface area contributed by atoms with Crippen LogP contribution in [0.4, 0.5) is 0 Å². The van der Waals surface area contributed by atoms with Crippen molar-refractivity contribution in [2.45, 2.75) is 45.2 Å². The Kier molecular flexibility index (Phi) is 5.68. The molecule has 3 N–H and O–H groups in total. The average molecular weight is 336 g/mol. The molecule has 8 heteroatoms. The van der Waals surface area contributed by atoms with E-state index in [1.165, 1.54) is 0 Å². The summed E-state index contributed by atoms with van der Waals surface area (Å²) in [7, 11) is 0. The summed E-state index contributed by atoms with van der Waals surface area (Å²) < 4.78 is 7.38. The van der Waals surface area contributed by atoms with E-state index in [0.29, 0.717) is 19.8 Å². The van der Waals surface area contributed by atoms with E-state index in [4.69, 9.17) is 9.73 Å². The molecule has 1 atom stereocenters. The van der Waals surface area contributed by atoms with Gasteiger partial charge in [-0.05, 0) is 26.2 Å². The smallest absolute Gasteiger partial charge is 0.191 e. The first-order valence-electron chi connectivity index (χ1n) is 8.85. The zero-order chi connectivity index (χ0) is 16.8. The van der Waals surface area contributed by atoms with Crippen LogP contribution in [0.2, 0.25) is 0 Å². The molecule has 24 heavy (non-hydrogen) atoms. The lowest BCUT2D eigenvalue weighted by Crippen LogP contribution is -2.48. The van der Waals surface area contributed by atoms with Gasteiger partial charge in [0.2, 0.25) is 0 Å². The summed E-state index contributed by atoms with van der Waals surface area (Å²) in [5, 5.41) is 20.9. The number of aliphatic imine (C=N–C) groups is 1. The van der Waals surface area contributed by atoms with E-state index in [1.807, 2.05) is 4.68 Å². The summed E-state index contributed by atoms with van der Waals surface area (Å²) in [6.45, 7) is 5.86. The van der Waals surface area contributed by atoms with Crippen molar-refractivity contribution in [3.63, 3.8) is 0 Å². The molecule has 0 spiro atoms. The molecule has 1 aromatic rings. The van der Waals surface area contributed by atoms with Gasteiger partial charge in [-0.15, -0.1) is 0 Å². The third-order valence-corrected chi connectivity index (χ3v) is 4.95. The number of nitrogens with one attached hydrogen (secondary N) is 2. The van der Waals surface area contributed by atoms with Crippen LogP contribution in [0.15, 0.2) is 11.3 Å². The van der Waals surface area contributed by atoms with Gasteiger partial charge in [0.1, 0.15) is 12.2 Å². The maximum absolute atomic E-state index is 9.81. The molecule has 1 aromatic heterocycles. The Hall–Kier alpha value is -1.67. The topological polar surface area (TPSA) is 96.6 Å². The third kappa shape index (κ3) is 4.05. The minimum Gasteiger partial charge on any atom is -0.396 e. The second kappa shape index (κ2) is 7.94. The number of rotatable bonds is 5. The van der Waals surface area contributed by atoms with Crippen LogP contribution in [0.25, 0.3) is 0 Å². The Bertz CT molecular complexity index is 553. The van der Waals surface area contributed by atoms with E-state index in [0.717, 1.165) is 50.6 Å². The van der Waals surface area contributed by atoms with Gasteiger partial charge in [0, 0.05) is 37.6 Å². The fourth-order valence-electron chi connectivity index (χ4n) is 3.29. The number of hydrogen-bond acceptors (Lipinski definition) is 5. The Morgan fingerprint density at radius 3 is 3.08 bits per heavy atom. The van der Waals surface area contributed by atoms with Crippen molar-refractivity contribution in [3.8, 4) is 0 Å². The van der Waals surface area contributed by atoms with Crippen LogP contribution in [0.3, 0.4) is 0 Å². The Balaban J connectivity index is 1.61. The molecule has 0 aromatic carbocycles. The molecule has 1 saturated heterocycles. The zero-order valence-electron chi connectivity index (χ0n) is 14.4. The predicted octanol–water partition coefficient (Wildman–Crippen LogP) is -0.0629. The fourth-order valence-corrected chi connectivity index (χ4v) is 3.29. The SMILES string of the molecule is CCNC(=NCC1(CO)CCOCC1)NC1CCc2ncnn2C1. The number of hydrogen-bond donors (Lipinski definition) is 3. The first kappa shape index (κ1) is 17.2. The van der Waals surface area contributed by atoms with E-state index in [9.17, 15) is 5.11 Å². The Morgan fingerprint density at radius 2 is 2.33 bits per heavy atom. The van der Waals surface area contributed by atoms with Gasteiger partial charge in [-0.25, -0.2) is 9.67 Å². The maximum atomic E-state index is 9.81. The van der Waals surface area contributed by atoms with E-state index in [2.05, 4.69) is 27.6 Å². The molecule has 0 saturated carbocycles. The van der Waals surface area contributed by atoms with Crippen LogP contribution in [-0.4, -0.2) is 64.8 Å². The van der Waals surface area contributed by atoms with E-state index >= 15 is 0 Å². The molecule has 0 amide bonds. The standard InChI is InChI=1S/C16H28N6O2/c1-2-17-15(18-10-16(11-23)5-7-24-8-6-16)21-13-3-4-14-19-12-20-22(14)9-13/h12-13,23H,2-11H2,1H3,(H2,17,18,21). The van der Waals surface area contributed by atoms with Gasteiger partial charge in [-0.1, -0.05) is 0 Å². The molecule has 3 heterocycles. The lowest BCUT2D eigenvalue weighted by Gasteiger charge is -2.34. The number of aliphatic hydroxyl groups excluding tert-OH is 1. The fraction of sp³-hybridized carbons (Fsp3) is 0.812. The van der Waals surface area contributed by atoms with Gasteiger partial charge < -0.3 is 20.5 Å². The highest BCUT2D eigenvalue weighted by Crippen LogP contribution is 2.30. The van der Waals surface area contributed by atoms with E-state index in [-0.39, 0.29) is 18.1 Å². The summed E-state index contributed by atoms with van der Waals surface area (Å²) >= 11 is 0. The second-order valence-electron chi connectivity index (χ2n) is 6.70. The van der Waals surface area contributed by atoms with Crippen molar-refractivity contribution in [2.75, 3.05) is 32.9 Å². The monoisotopic (exact) mass is 336 g/mol. The van der Waals surface area contributed by atoms with E-state index < -0.39 is 0 Å². The van der Waals surface area contributed by atoms with Crippen molar-refractivity contribution in [1.82, 2.24) is 25.4 Å². The lowest BCUT2D eigenvalue weighted by molar-refractivity contribution is -0.0106. The predicted molar refractivity (Wildman–Crippen MR) is 90.8 cm³/mol. The second-order valence-corrected chi connectivity index (χ2v) is 6.70. The van der Waals surface area contributed by atoms with Crippen molar-refractivity contribution in [1.29, 1.82) is 0 Å². The quantitative estimate of drug-likeness (QED) is 0.515. The lowest BCUT2D eigenvalue weighted by atomic mass is 9.81. The van der Waals surface area contributed by atoms with Crippen LogP contribution < -0.4 is 10.6 Å². The molecule has 2 aliphatic heterocycles. The summed E-state index contributed by atoms with van der Waals surface area (Å²) in [5.41, 5.74) is -0.147. The normalized spacial score (nSPS) is 23.6. The highest BCUT2D eigenvalue weighted by atomic mass is 16.5. The number of ether oxygens (including phenoxy) is 1. The van der Waals surface area contributed by atoms with Gasteiger partial charge >= 0.3 is 0 Å². The first-order valence-corrected chi connectivity index (χ1v) is 8.85. The minimum atomic E-state index is -0.147. The van der Waals surface area contributed by atoms with Crippen LogP contribution in [0.1, 0.15) is 32.0 Å². The average Bonchev–Trinajstić information content (AvgIpc) is 3.08. The number of nitrogens with zero attached hydrogens (tertiary/aromatic N) is 4. The number of aromatic nitrogens is 3. The molecular weight excluding hydrogens is 308 g/mol. The highest BCUT2D eigenvalue weighted by molar-refractivity contribution is 5.80. The molecule has 0 bridgehead atoms. The molecule has 134 valence electrons. The highest BCUT2D eigenvalue weighted by Gasteiger charge is 2.32. The number of fused-ring (bicyclic) bond motifs is 1. The summed E-state index contributed by atoms with van der Waals surface area (Å²) in [5.74, 6) is 1.86. The van der Waals surface area contributed by atoms with Crippen LogP contribution >= 0.6 is 0 Å². The first-order chi connectivity index (χ1) is 11.7. The third-order valence-electron chi connectivity index (χ3n) is 4.95. The molecule has 3 rings (SSSR count). The minimum absolute atomic E-state index is 0.147. The summed E-state index contributed by atoms with van der Waals surface area (Å²) in [4.78, 5) is 9.01. The zero-order valence-corrected chi connectivity index (χ0v) is 14.4. The molecule has 2 aliphatic rings. The molecule has 1 unspecified atom stereocenters. The molecule has 8 nitrogen and oxygen atoms in total. The van der Waals surface area contributed by atoms with Crippen molar-refractivity contribution in [3.05, 3.63) is 12.2 Å².